The highest BCUT2D eigenvalue weighted by Crippen LogP contribution is 2.18. The van der Waals surface area contributed by atoms with Gasteiger partial charge >= 0.3 is 0 Å². The molecule has 19 heavy (non-hydrogen) atoms. The largest absolute Gasteiger partial charge is 0.399 e. The summed E-state index contributed by atoms with van der Waals surface area (Å²) >= 11 is 3.42. The average molecular weight is 319 g/mol. The fraction of sp³-hybridized carbons (Fsp3) is 0.133. The quantitative estimate of drug-likeness (QED) is 0.851. The topological polar surface area (TPSA) is 55.1 Å². The van der Waals surface area contributed by atoms with Gasteiger partial charge in [-0.25, -0.2) is 0 Å². The number of nitrogens with two attached hydrogens (primary N) is 1. The molecule has 1 atom stereocenters. The number of hydrogen-bond acceptors (Lipinski definition) is 2. The van der Waals surface area contributed by atoms with E-state index in [0.717, 1.165) is 10.0 Å². The van der Waals surface area contributed by atoms with Gasteiger partial charge in [-0.2, -0.15) is 0 Å². The molecule has 0 saturated heterocycles. The Balaban J connectivity index is 2.11. The number of nitrogen functional groups attached to an aromatic ring is 1. The fourth-order valence-corrected chi connectivity index (χ4v) is 2.24. The zero-order chi connectivity index (χ0) is 13.8. The normalized spacial score (nSPS) is 11.9. The first kappa shape index (κ1) is 13.6. The molecule has 0 spiro atoms. The van der Waals surface area contributed by atoms with E-state index in [9.17, 15) is 4.79 Å². The molecule has 0 aliphatic carbocycles. The Morgan fingerprint density at radius 2 is 1.95 bits per heavy atom. The molecule has 0 heterocycles. The minimum atomic E-state index is -0.125. The number of rotatable bonds is 3. The van der Waals surface area contributed by atoms with E-state index >= 15 is 0 Å². The first-order chi connectivity index (χ1) is 9.06. The molecule has 0 aromatic heterocycles. The molecule has 0 radical (unpaired) electrons. The molecule has 3 N–H and O–H groups in total. The molecule has 2 aromatic carbocycles. The van der Waals surface area contributed by atoms with Gasteiger partial charge < -0.3 is 11.1 Å². The lowest BCUT2D eigenvalue weighted by Gasteiger charge is -2.15. The standard InChI is InChI=1S/C15H15BrN2O/c1-10(11-4-2-6-13(16)8-11)18-15(19)12-5-3-7-14(17)9-12/h2-10H,17H2,1H3,(H,18,19)/t10-/m1/s1. The van der Waals surface area contributed by atoms with Crippen LogP contribution >= 0.6 is 15.9 Å². The van der Waals surface area contributed by atoms with Crippen molar-refractivity contribution in [2.45, 2.75) is 13.0 Å². The third-order valence-corrected chi connectivity index (χ3v) is 3.34. The second-order valence-corrected chi connectivity index (χ2v) is 5.29. The van der Waals surface area contributed by atoms with Crippen LogP contribution in [0.2, 0.25) is 0 Å². The Bertz CT molecular complexity index is 598. The summed E-state index contributed by atoms with van der Waals surface area (Å²) in [7, 11) is 0. The van der Waals surface area contributed by atoms with Gasteiger partial charge in [0.2, 0.25) is 0 Å². The summed E-state index contributed by atoms with van der Waals surface area (Å²) in [5.41, 5.74) is 7.88. The number of carbonyl (C=O) groups is 1. The van der Waals surface area contributed by atoms with Crippen LogP contribution in [0.5, 0.6) is 0 Å². The van der Waals surface area contributed by atoms with Crippen molar-refractivity contribution >= 4 is 27.5 Å². The predicted octanol–water partition coefficient (Wildman–Crippen LogP) is 3.52. The van der Waals surface area contributed by atoms with Crippen LogP contribution in [-0.2, 0) is 0 Å². The number of nitrogens with one attached hydrogen (secondary N) is 1. The third kappa shape index (κ3) is 3.58. The summed E-state index contributed by atoms with van der Waals surface area (Å²) < 4.78 is 0.995. The zero-order valence-corrected chi connectivity index (χ0v) is 12.1. The maximum atomic E-state index is 12.1. The van der Waals surface area contributed by atoms with Gasteiger partial charge in [0, 0.05) is 15.7 Å². The van der Waals surface area contributed by atoms with Crippen LogP contribution in [0.25, 0.3) is 0 Å². The van der Waals surface area contributed by atoms with Gasteiger partial charge in [0.15, 0.2) is 0 Å². The Kier molecular flexibility index (Phi) is 4.22. The maximum Gasteiger partial charge on any atom is 0.251 e. The molecule has 98 valence electrons. The van der Waals surface area contributed by atoms with Gasteiger partial charge in [0.25, 0.3) is 5.91 Å². The van der Waals surface area contributed by atoms with Crippen LogP contribution in [0.4, 0.5) is 5.69 Å². The van der Waals surface area contributed by atoms with Gasteiger partial charge in [-0.3, -0.25) is 4.79 Å². The zero-order valence-electron chi connectivity index (χ0n) is 10.6. The van der Waals surface area contributed by atoms with Gasteiger partial charge in [0.05, 0.1) is 6.04 Å². The van der Waals surface area contributed by atoms with E-state index in [1.165, 1.54) is 0 Å². The first-order valence-electron chi connectivity index (χ1n) is 5.98. The van der Waals surface area contributed by atoms with Crippen molar-refractivity contribution in [1.82, 2.24) is 5.32 Å². The van der Waals surface area contributed by atoms with Crippen molar-refractivity contribution in [2.75, 3.05) is 5.73 Å². The Labute approximate surface area is 121 Å². The van der Waals surface area contributed by atoms with Crippen LogP contribution in [0.1, 0.15) is 28.9 Å². The maximum absolute atomic E-state index is 12.1. The fourth-order valence-electron chi connectivity index (χ4n) is 1.82. The molecule has 0 bridgehead atoms. The smallest absolute Gasteiger partial charge is 0.251 e. The minimum Gasteiger partial charge on any atom is -0.399 e. The monoisotopic (exact) mass is 318 g/mol. The highest BCUT2D eigenvalue weighted by atomic mass is 79.9. The third-order valence-electron chi connectivity index (χ3n) is 2.85. The van der Waals surface area contributed by atoms with E-state index in [0.29, 0.717) is 11.3 Å². The summed E-state index contributed by atoms with van der Waals surface area (Å²) in [6.07, 6.45) is 0. The number of halogens is 1. The second kappa shape index (κ2) is 5.89. The number of benzene rings is 2. The summed E-state index contributed by atoms with van der Waals surface area (Å²) in [6.45, 7) is 1.95. The Hall–Kier alpha value is -1.81. The molecule has 4 heteroatoms. The molecule has 3 nitrogen and oxygen atoms in total. The van der Waals surface area contributed by atoms with E-state index in [1.54, 1.807) is 24.3 Å². The number of anilines is 1. The highest BCUT2D eigenvalue weighted by Gasteiger charge is 2.11. The number of hydrogen-bond donors (Lipinski definition) is 2. The average Bonchev–Trinajstić information content (AvgIpc) is 2.38. The van der Waals surface area contributed by atoms with Crippen LogP contribution in [0.3, 0.4) is 0 Å². The summed E-state index contributed by atoms with van der Waals surface area (Å²) in [4.78, 5) is 12.1. The SMILES string of the molecule is C[C@@H](NC(=O)c1cccc(N)c1)c1cccc(Br)c1. The summed E-state index contributed by atoms with van der Waals surface area (Å²) in [5.74, 6) is -0.125. The van der Waals surface area contributed by atoms with Crippen LogP contribution in [-0.4, -0.2) is 5.91 Å². The predicted molar refractivity (Wildman–Crippen MR) is 80.9 cm³/mol. The van der Waals surface area contributed by atoms with Crippen LogP contribution in [0.15, 0.2) is 53.0 Å². The van der Waals surface area contributed by atoms with E-state index in [2.05, 4.69) is 21.2 Å². The van der Waals surface area contributed by atoms with E-state index in [4.69, 9.17) is 5.73 Å². The van der Waals surface area contributed by atoms with Gasteiger partial charge in [0.1, 0.15) is 0 Å². The van der Waals surface area contributed by atoms with Gasteiger partial charge in [-0.1, -0.05) is 34.1 Å². The van der Waals surface area contributed by atoms with Gasteiger partial charge in [-0.15, -0.1) is 0 Å². The molecule has 0 saturated carbocycles. The van der Waals surface area contributed by atoms with Crippen LogP contribution < -0.4 is 11.1 Å². The van der Waals surface area contributed by atoms with E-state index in [1.807, 2.05) is 31.2 Å². The van der Waals surface area contributed by atoms with Crippen molar-refractivity contribution in [3.63, 3.8) is 0 Å². The molecule has 0 aliphatic rings. The molecule has 2 rings (SSSR count). The number of carbonyl (C=O) groups excluding carboxylic acids is 1. The molecule has 0 fully saturated rings. The molecular weight excluding hydrogens is 304 g/mol. The van der Waals surface area contributed by atoms with Crippen molar-refractivity contribution in [3.8, 4) is 0 Å². The first-order valence-corrected chi connectivity index (χ1v) is 6.77. The number of amides is 1. The highest BCUT2D eigenvalue weighted by molar-refractivity contribution is 9.10. The van der Waals surface area contributed by atoms with E-state index in [-0.39, 0.29) is 11.9 Å². The molecule has 2 aromatic rings. The van der Waals surface area contributed by atoms with Crippen molar-refractivity contribution in [3.05, 3.63) is 64.1 Å². The lowest BCUT2D eigenvalue weighted by atomic mass is 10.1. The van der Waals surface area contributed by atoms with Crippen molar-refractivity contribution in [2.24, 2.45) is 0 Å². The van der Waals surface area contributed by atoms with Crippen molar-refractivity contribution in [1.29, 1.82) is 0 Å². The van der Waals surface area contributed by atoms with E-state index < -0.39 is 0 Å². The Morgan fingerprint density at radius 3 is 2.63 bits per heavy atom. The molecule has 0 aliphatic heterocycles. The molecular formula is C15H15BrN2O. The second-order valence-electron chi connectivity index (χ2n) is 4.38. The van der Waals surface area contributed by atoms with Gasteiger partial charge in [-0.05, 0) is 42.8 Å². The minimum absolute atomic E-state index is 0.0635. The Morgan fingerprint density at radius 1 is 1.21 bits per heavy atom. The lowest BCUT2D eigenvalue weighted by molar-refractivity contribution is 0.0940. The lowest BCUT2D eigenvalue weighted by Crippen LogP contribution is -2.26. The molecule has 0 unspecified atom stereocenters. The van der Waals surface area contributed by atoms with Crippen molar-refractivity contribution < 1.29 is 4.79 Å². The van der Waals surface area contributed by atoms with Crippen LogP contribution in [0, 0.1) is 0 Å². The summed E-state index contributed by atoms with van der Waals surface area (Å²) in [5, 5.41) is 2.95. The summed E-state index contributed by atoms with van der Waals surface area (Å²) in [6, 6.07) is 14.8. The molecule has 1 amide bonds.